The van der Waals surface area contributed by atoms with Gasteiger partial charge >= 0.3 is 0 Å². The van der Waals surface area contributed by atoms with Gasteiger partial charge in [0.1, 0.15) is 12.2 Å². The van der Waals surface area contributed by atoms with Gasteiger partial charge in [0.05, 0.1) is 0 Å². The maximum absolute atomic E-state index is 12.4. The van der Waals surface area contributed by atoms with E-state index >= 15 is 0 Å². The number of carbonyl (C=O) groups is 1. The van der Waals surface area contributed by atoms with Crippen molar-refractivity contribution in [1.29, 1.82) is 0 Å². The molecule has 1 aromatic rings. The Bertz CT molecular complexity index is 445. The fourth-order valence-corrected chi connectivity index (χ4v) is 2.81. The summed E-state index contributed by atoms with van der Waals surface area (Å²) in [4.78, 5) is 14.4. The summed E-state index contributed by atoms with van der Waals surface area (Å²) in [7, 11) is 1.96. The van der Waals surface area contributed by atoms with Crippen molar-refractivity contribution in [3.63, 3.8) is 0 Å². The van der Waals surface area contributed by atoms with E-state index < -0.39 is 0 Å². The lowest BCUT2D eigenvalue weighted by atomic mass is 9.96. The lowest BCUT2D eigenvalue weighted by molar-refractivity contribution is -0.136. The molecule has 20 heavy (non-hydrogen) atoms. The first kappa shape index (κ1) is 15.0. The molecule has 112 valence electrons. The average Bonchev–Trinajstić information content (AvgIpc) is 2.90. The van der Waals surface area contributed by atoms with E-state index in [2.05, 4.69) is 22.4 Å². The maximum atomic E-state index is 12.4. The smallest absolute Gasteiger partial charge is 0.226 e. The van der Waals surface area contributed by atoms with Gasteiger partial charge in [-0.05, 0) is 19.4 Å². The van der Waals surface area contributed by atoms with Crippen LogP contribution in [0.5, 0.6) is 0 Å². The number of aromatic nitrogens is 3. The Morgan fingerprint density at radius 2 is 2.40 bits per heavy atom. The second kappa shape index (κ2) is 6.83. The number of likely N-dealkylation sites (tertiary alicyclic amines) is 1. The van der Waals surface area contributed by atoms with E-state index in [1.54, 1.807) is 6.33 Å². The topological polar surface area (TPSA) is 63.1 Å². The Kier molecular flexibility index (Phi) is 5.11. The SMILES string of the molecule is CCNCC(C)C(=O)N1CCCC(c2nncn2C)C1. The first-order valence-corrected chi connectivity index (χ1v) is 7.46. The van der Waals surface area contributed by atoms with Crippen LogP contribution in [0.25, 0.3) is 0 Å². The number of nitrogens with one attached hydrogen (secondary N) is 1. The number of piperidine rings is 1. The van der Waals surface area contributed by atoms with E-state index in [1.165, 1.54) is 0 Å². The molecule has 1 aliphatic rings. The highest BCUT2D eigenvalue weighted by atomic mass is 16.2. The van der Waals surface area contributed by atoms with Crippen molar-refractivity contribution in [2.45, 2.75) is 32.6 Å². The quantitative estimate of drug-likeness (QED) is 0.864. The molecule has 6 heteroatoms. The van der Waals surface area contributed by atoms with Crippen molar-refractivity contribution in [3.05, 3.63) is 12.2 Å². The first-order valence-electron chi connectivity index (χ1n) is 7.46. The van der Waals surface area contributed by atoms with Crippen molar-refractivity contribution in [2.24, 2.45) is 13.0 Å². The number of hydrogen-bond donors (Lipinski definition) is 1. The molecule has 0 aromatic carbocycles. The Labute approximate surface area is 120 Å². The monoisotopic (exact) mass is 279 g/mol. The van der Waals surface area contributed by atoms with Crippen molar-refractivity contribution in [3.8, 4) is 0 Å². The summed E-state index contributed by atoms with van der Waals surface area (Å²) in [5, 5.41) is 11.4. The first-order chi connectivity index (χ1) is 9.63. The van der Waals surface area contributed by atoms with Crippen LogP contribution in [0.15, 0.2) is 6.33 Å². The zero-order valence-corrected chi connectivity index (χ0v) is 12.7. The molecule has 1 saturated heterocycles. The Balaban J connectivity index is 1.96. The van der Waals surface area contributed by atoms with Crippen LogP contribution in [0, 0.1) is 5.92 Å². The number of nitrogens with zero attached hydrogens (tertiary/aromatic N) is 4. The van der Waals surface area contributed by atoms with Crippen LogP contribution in [-0.2, 0) is 11.8 Å². The standard InChI is InChI=1S/C14H25N5O/c1-4-15-8-11(2)14(20)19-7-5-6-12(9-19)13-17-16-10-18(13)3/h10-12,15H,4-9H2,1-3H3. The second-order valence-corrected chi connectivity index (χ2v) is 5.63. The molecule has 0 radical (unpaired) electrons. The van der Waals surface area contributed by atoms with Crippen LogP contribution in [0.1, 0.15) is 38.4 Å². The molecule has 2 heterocycles. The van der Waals surface area contributed by atoms with Gasteiger partial charge in [-0.1, -0.05) is 13.8 Å². The lowest BCUT2D eigenvalue weighted by Crippen LogP contribution is -2.44. The molecule has 6 nitrogen and oxygen atoms in total. The minimum atomic E-state index is 0.0354. The van der Waals surface area contributed by atoms with Gasteiger partial charge in [0.15, 0.2) is 0 Å². The Morgan fingerprint density at radius 1 is 1.60 bits per heavy atom. The number of carbonyl (C=O) groups excluding carboxylic acids is 1. The highest BCUT2D eigenvalue weighted by Gasteiger charge is 2.29. The number of aryl methyl sites for hydroxylation is 1. The second-order valence-electron chi connectivity index (χ2n) is 5.63. The van der Waals surface area contributed by atoms with E-state index in [0.29, 0.717) is 5.92 Å². The zero-order chi connectivity index (χ0) is 14.5. The van der Waals surface area contributed by atoms with Gasteiger partial charge in [0.25, 0.3) is 0 Å². The Morgan fingerprint density at radius 3 is 3.05 bits per heavy atom. The molecule has 0 saturated carbocycles. The summed E-state index contributed by atoms with van der Waals surface area (Å²) < 4.78 is 1.96. The molecule has 0 aliphatic carbocycles. The molecule has 0 spiro atoms. The number of amides is 1. The predicted octanol–water partition coefficient (Wildman–Crippen LogP) is 0.767. The molecule has 1 fully saturated rings. The largest absolute Gasteiger partial charge is 0.342 e. The van der Waals surface area contributed by atoms with Crippen molar-refractivity contribution in [1.82, 2.24) is 25.0 Å². The minimum Gasteiger partial charge on any atom is -0.342 e. The minimum absolute atomic E-state index is 0.0354. The number of rotatable bonds is 5. The van der Waals surface area contributed by atoms with Crippen LogP contribution in [-0.4, -0.2) is 51.8 Å². The third-order valence-corrected chi connectivity index (χ3v) is 3.97. The summed E-state index contributed by atoms with van der Waals surface area (Å²) in [5.74, 6) is 1.58. The van der Waals surface area contributed by atoms with Crippen LogP contribution >= 0.6 is 0 Å². The third kappa shape index (κ3) is 3.36. The number of hydrogen-bond acceptors (Lipinski definition) is 4. The summed E-state index contributed by atoms with van der Waals surface area (Å²) >= 11 is 0. The van der Waals surface area contributed by atoms with Gasteiger partial charge < -0.3 is 14.8 Å². The summed E-state index contributed by atoms with van der Waals surface area (Å²) in [6.07, 6.45) is 3.85. The molecule has 0 bridgehead atoms. The molecule has 2 atom stereocenters. The highest BCUT2D eigenvalue weighted by molar-refractivity contribution is 5.78. The molecule has 1 amide bonds. The predicted molar refractivity (Wildman–Crippen MR) is 77.3 cm³/mol. The maximum Gasteiger partial charge on any atom is 0.226 e. The van der Waals surface area contributed by atoms with E-state index in [4.69, 9.17) is 0 Å². The fraction of sp³-hybridized carbons (Fsp3) is 0.786. The Hall–Kier alpha value is -1.43. The summed E-state index contributed by atoms with van der Waals surface area (Å²) in [6.45, 7) is 7.34. The van der Waals surface area contributed by atoms with Crippen molar-refractivity contribution >= 4 is 5.91 Å². The summed E-state index contributed by atoms with van der Waals surface area (Å²) in [5.41, 5.74) is 0. The normalized spacial score (nSPS) is 20.9. The molecular weight excluding hydrogens is 254 g/mol. The van der Waals surface area contributed by atoms with E-state index in [1.807, 2.05) is 23.4 Å². The average molecular weight is 279 g/mol. The van der Waals surface area contributed by atoms with Crippen LogP contribution < -0.4 is 5.32 Å². The van der Waals surface area contributed by atoms with Crippen LogP contribution in [0.2, 0.25) is 0 Å². The molecule has 1 aromatic heterocycles. The van der Waals surface area contributed by atoms with Gasteiger partial charge in [-0.2, -0.15) is 0 Å². The van der Waals surface area contributed by atoms with Gasteiger partial charge in [-0.25, -0.2) is 0 Å². The zero-order valence-electron chi connectivity index (χ0n) is 12.7. The highest BCUT2D eigenvalue weighted by Crippen LogP contribution is 2.25. The summed E-state index contributed by atoms with van der Waals surface area (Å²) in [6, 6.07) is 0. The van der Waals surface area contributed by atoms with E-state index in [9.17, 15) is 4.79 Å². The van der Waals surface area contributed by atoms with Gasteiger partial charge in [-0.3, -0.25) is 4.79 Å². The van der Waals surface area contributed by atoms with Gasteiger partial charge in [0, 0.05) is 38.5 Å². The van der Waals surface area contributed by atoms with Gasteiger partial charge in [-0.15, -0.1) is 10.2 Å². The molecule has 2 rings (SSSR count). The lowest BCUT2D eigenvalue weighted by Gasteiger charge is -2.33. The fourth-order valence-electron chi connectivity index (χ4n) is 2.81. The van der Waals surface area contributed by atoms with Crippen molar-refractivity contribution in [2.75, 3.05) is 26.2 Å². The molecule has 1 aliphatic heterocycles. The van der Waals surface area contributed by atoms with Crippen LogP contribution in [0.4, 0.5) is 0 Å². The van der Waals surface area contributed by atoms with Crippen LogP contribution in [0.3, 0.4) is 0 Å². The molecular formula is C14H25N5O. The third-order valence-electron chi connectivity index (χ3n) is 3.97. The van der Waals surface area contributed by atoms with Crippen molar-refractivity contribution < 1.29 is 4.79 Å². The molecule has 1 N–H and O–H groups in total. The van der Waals surface area contributed by atoms with Gasteiger partial charge in [0.2, 0.25) is 5.91 Å². The van der Waals surface area contributed by atoms with E-state index in [-0.39, 0.29) is 11.8 Å². The van der Waals surface area contributed by atoms with E-state index in [0.717, 1.165) is 44.8 Å². The molecule has 2 unspecified atom stereocenters.